The van der Waals surface area contributed by atoms with Crippen LogP contribution in [0.5, 0.6) is 0 Å². The van der Waals surface area contributed by atoms with Gasteiger partial charge in [0.2, 0.25) is 0 Å². The van der Waals surface area contributed by atoms with E-state index in [1.54, 1.807) is 0 Å². The summed E-state index contributed by atoms with van der Waals surface area (Å²) in [6.07, 6.45) is 0. The van der Waals surface area contributed by atoms with Crippen LogP contribution in [0, 0.1) is 0 Å². The van der Waals surface area contributed by atoms with Crippen LogP contribution in [-0.4, -0.2) is 6.71 Å². The Balaban J connectivity index is 1.24. The van der Waals surface area contributed by atoms with Crippen molar-refractivity contribution in [1.82, 2.24) is 0 Å². The van der Waals surface area contributed by atoms with E-state index >= 15 is 0 Å². The molecule has 10 aromatic rings. The van der Waals surface area contributed by atoms with E-state index in [4.69, 9.17) is 4.42 Å². The van der Waals surface area contributed by atoms with Crippen LogP contribution in [0.2, 0.25) is 0 Å². The van der Waals surface area contributed by atoms with E-state index in [1.165, 1.54) is 95.0 Å². The number of benzene rings is 9. The van der Waals surface area contributed by atoms with Crippen LogP contribution >= 0.6 is 0 Å². The van der Waals surface area contributed by atoms with E-state index in [9.17, 15) is 0 Å². The Kier molecular flexibility index (Phi) is 10.9. The van der Waals surface area contributed by atoms with Crippen molar-refractivity contribution < 1.29 is 4.42 Å². The average Bonchev–Trinajstić information content (AvgIpc) is 3.84. The van der Waals surface area contributed by atoms with Crippen molar-refractivity contribution in [1.29, 1.82) is 0 Å². The highest BCUT2D eigenvalue weighted by atomic mass is 16.3. The van der Waals surface area contributed by atoms with Gasteiger partial charge >= 0.3 is 0 Å². The predicted molar refractivity (Wildman–Crippen MR) is 319 cm³/mol. The van der Waals surface area contributed by atoms with E-state index in [-0.39, 0.29) is 28.4 Å². The van der Waals surface area contributed by atoms with Crippen LogP contribution in [0.25, 0.3) is 55.3 Å². The average molecular weight is 963 g/mol. The predicted octanol–water partition coefficient (Wildman–Crippen LogP) is 17.9. The molecule has 2 aliphatic heterocycles. The highest BCUT2D eigenvalue weighted by molar-refractivity contribution is 7.00. The van der Waals surface area contributed by atoms with Crippen molar-refractivity contribution in [3.05, 3.63) is 210 Å². The lowest BCUT2D eigenvalue weighted by Gasteiger charge is -2.45. The van der Waals surface area contributed by atoms with Crippen molar-refractivity contribution in [2.24, 2.45) is 0 Å². The third-order valence-corrected chi connectivity index (χ3v) is 15.8. The molecule has 9 aromatic carbocycles. The van der Waals surface area contributed by atoms with Crippen molar-refractivity contribution >= 4 is 79.2 Å². The molecule has 4 heteroatoms. The first kappa shape index (κ1) is 47.4. The van der Waals surface area contributed by atoms with Gasteiger partial charge in [-0.25, -0.2) is 0 Å². The molecule has 0 unspecified atom stereocenters. The molecule has 366 valence electrons. The molecule has 74 heavy (non-hydrogen) atoms. The fourth-order valence-electron chi connectivity index (χ4n) is 11.5. The number of rotatable bonds is 5. The first-order chi connectivity index (χ1) is 35.2. The zero-order valence-electron chi connectivity index (χ0n) is 45.3. The summed E-state index contributed by atoms with van der Waals surface area (Å²) in [6, 6.07) is 71.3. The topological polar surface area (TPSA) is 19.6 Å². The minimum absolute atomic E-state index is 0.0925. The Hall–Kier alpha value is -7.56. The maximum atomic E-state index is 6.45. The van der Waals surface area contributed by atoms with Crippen molar-refractivity contribution in [3.63, 3.8) is 0 Å². The molecule has 2 aliphatic rings. The molecule has 0 amide bonds. The number of hydrogen-bond donors (Lipinski definition) is 0. The highest BCUT2D eigenvalue weighted by Crippen LogP contribution is 2.49. The summed E-state index contributed by atoms with van der Waals surface area (Å²) >= 11 is 0. The quantitative estimate of drug-likeness (QED) is 0.160. The molecule has 12 rings (SSSR count). The molecular formula is C70H67BN2O. The van der Waals surface area contributed by atoms with Crippen molar-refractivity contribution in [2.45, 2.75) is 105 Å². The molecule has 0 radical (unpaired) electrons. The second kappa shape index (κ2) is 17.0. The molecule has 3 heterocycles. The molecule has 0 N–H and O–H groups in total. The number of nitrogens with zero attached hydrogens (tertiary/aromatic N) is 2. The van der Waals surface area contributed by atoms with Gasteiger partial charge in [0.1, 0.15) is 11.2 Å². The molecule has 0 saturated heterocycles. The van der Waals surface area contributed by atoms with Crippen LogP contribution < -0.4 is 26.2 Å². The van der Waals surface area contributed by atoms with E-state index in [2.05, 4.69) is 281 Å². The number of furan rings is 1. The Bertz CT molecular complexity index is 3580. The van der Waals surface area contributed by atoms with E-state index in [1.807, 2.05) is 0 Å². The molecule has 3 nitrogen and oxygen atoms in total. The second-order valence-corrected chi connectivity index (χ2v) is 25.2. The van der Waals surface area contributed by atoms with Gasteiger partial charge in [-0.1, -0.05) is 204 Å². The second-order valence-electron chi connectivity index (χ2n) is 25.2. The molecule has 1 aromatic heterocycles. The maximum Gasteiger partial charge on any atom is 0.252 e. The van der Waals surface area contributed by atoms with Gasteiger partial charge in [-0.2, -0.15) is 0 Å². The van der Waals surface area contributed by atoms with Crippen LogP contribution in [0.4, 0.5) is 34.1 Å². The van der Waals surface area contributed by atoms with Gasteiger partial charge in [0.25, 0.3) is 6.71 Å². The smallest absolute Gasteiger partial charge is 0.252 e. The molecule has 0 aliphatic carbocycles. The van der Waals surface area contributed by atoms with Crippen molar-refractivity contribution in [3.8, 4) is 33.4 Å². The first-order valence-corrected chi connectivity index (χ1v) is 26.6. The summed E-state index contributed by atoms with van der Waals surface area (Å²) in [5, 5.41) is 2.25. The monoisotopic (exact) mass is 963 g/mol. The van der Waals surface area contributed by atoms with Crippen LogP contribution in [0.1, 0.15) is 105 Å². The normalized spacial score (nSPS) is 13.6. The highest BCUT2D eigenvalue weighted by Gasteiger charge is 2.45. The molecule has 0 bridgehead atoms. The van der Waals surface area contributed by atoms with Gasteiger partial charge in [0.05, 0.1) is 0 Å². The first-order valence-electron chi connectivity index (χ1n) is 26.6. The standard InChI is InChI=1S/C70H67BN2O/c1-67(2,3)50-38-51(68(4,5)6)41-54(40-50)72-60-30-27-47(44-21-15-13-16-22-44)34-58(60)71-59-35-48(45-23-17-14-18-24-45)28-31-61(59)73(55-42-52(69(7,8)9)39-53(43-55)70(10,11)12)63-37-49(36-62(72)66(63)71)46-29-32-65-57(33-46)56-25-19-20-26-64(56)74-65/h13-43H,1-12H3. The number of para-hydroxylation sites is 1. The lowest BCUT2D eigenvalue weighted by atomic mass is 9.33. The van der Waals surface area contributed by atoms with Gasteiger partial charge in [-0.05, 0) is 160 Å². The lowest BCUT2D eigenvalue weighted by Crippen LogP contribution is -2.61. The summed E-state index contributed by atoms with van der Waals surface area (Å²) in [5.74, 6) is 0. The van der Waals surface area contributed by atoms with Gasteiger partial charge in [0.15, 0.2) is 0 Å². The maximum absolute atomic E-state index is 6.45. The van der Waals surface area contributed by atoms with Crippen molar-refractivity contribution in [2.75, 3.05) is 9.80 Å². The van der Waals surface area contributed by atoms with Gasteiger partial charge in [-0.15, -0.1) is 0 Å². The van der Waals surface area contributed by atoms with Gasteiger partial charge in [-0.3, -0.25) is 0 Å². The number of fused-ring (bicyclic) bond motifs is 7. The molecule has 0 fully saturated rings. The third-order valence-electron chi connectivity index (χ3n) is 15.8. The SMILES string of the molecule is CC(C)(C)c1cc(N2c3ccc(-c4ccccc4)cc3B3c4cc(-c5ccccc5)ccc4N(c4cc(C(C)(C)C)cc(C(C)(C)C)c4)c4cc(-c5ccc6oc7ccccc7c6c5)cc2c43)cc(C(C)(C)C)c1. The van der Waals surface area contributed by atoms with E-state index in [0.29, 0.717) is 0 Å². The van der Waals surface area contributed by atoms with Gasteiger partial charge < -0.3 is 14.2 Å². The minimum atomic E-state index is -0.0973. The Morgan fingerprint density at radius 2 is 0.703 bits per heavy atom. The summed E-state index contributed by atoms with van der Waals surface area (Å²) in [7, 11) is 0. The fourth-order valence-corrected chi connectivity index (χ4v) is 11.5. The zero-order chi connectivity index (χ0) is 51.6. The minimum Gasteiger partial charge on any atom is -0.456 e. The Labute approximate surface area is 439 Å². The summed E-state index contributed by atoms with van der Waals surface area (Å²) in [4.78, 5) is 5.24. The lowest BCUT2D eigenvalue weighted by molar-refractivity contribution is 0.568. The fraction of sp³-hybridized carbons (Fsp3) is 0.229. The molecule has 0 spiro atoms. The Morgan fingerprint density at radius 1 is 0.311 bits per heavy atom. The number of anilines is 6. The van der Waals surface area contributed by atoms with Crippen LogP contribution in [-0.2, 0) is 21.7 Å². The summed E-state index contributed by atoms with van der Waals surface area (Å²) < 4.78 is 6.45. The Morgan fingerprint density at radius 3 is 1.15 bits per heavy atom. The van der Waals surface area contributed by atoms with E-state index in [0.717, 1.165) is 33.1 Å². The van der Waals surface area contributed by atoms with Gasteiger partial charge in [0, 0.05) is 44.9 Å². The largest absolute Gasteiger partial charge is 0.456 e. The third kappa shape index (κ3) is 8.15. The zero-order valence-corrected chi connectivity index (χ0v) is 45.3. The molecule has 0 atom stereocenters. The van der Waals surface area contributed by atoms with E-state index < -0.39 is 0 Å². The summed E-state index contributed by atoms with van der Waals surface area (Å²) in [6.45, 7) is 28.1. The summed E-state index contributed by atoms with van der Waals surface area (Å²) in [5.41, 5.74) is 24.8. The van der Waals surface area contributed by atoms with Crippen LogP contribution in [0.15, 0.2) is 192 Å². The number of hydrogen-bond acceptors (Lipinski definition) is 3. The molecule has 0 saturated carbocycles. The molecular weight excluding hydrogens is 896 g/mol. The van der Waals surface area contributed by atoms with Crippen LogP contribution in [0.3, 0.4) is 0 Å².